The zero-order valence-corrected chi connectivity index (χ0v) is 26.6. The van der Waals surface area contributed by atoms with Crippen molar-refractivity contribution in [3.63, 3.8) is 0 Å². The number of likely N-dealkylation sites (N-methyl/N-ethyl adjacent to an activating group) is 1. The summed E-state index contributed by atoms with van der Waals surface area (Å²) >= 11 is 0. The summed E-state index contributed by atoms with van der Waals surface area (Å²) in [7, 11) is -1.96. The highest BCUT2D eigenvalue weighted by Crippen LogP contribution is 2.26. The summed E-state index contributed by atoms with van der Waals surface area (Å²) in [5, 5.41) is 14.2. The summed E-state index contributed by atoms with van der Waals surface area (Å²) in [6.07, 6.45) is 4.01. The Balaban J connectivity index is 1.30. The third-order valence-electron chi connectivity index (χ3n) is 8.41. The van der Waals surface area contributed by atoms with Gasteiger partial charge in [0, 0.05) is 37.8 Å². The van der Waals surface area contributed by atoms with Gasteiger partial charge in [0.1, 0.15) is 12.6 Å². The van der Waals surface area contributed by atoms with E-state index in [1.54, 1.807) is 55.6 Å². The Labute approximate surface area is 265 Å². The summed E-state index contributed by atoms with van der Waals surface area (Å²) in [5.74, 6) is -0.424. The number of nitrogens with one attached hydrogen (secondary N) is 1. The van der Waals surface area contributed by atoms with Crippen LogP contribution in [0.1, 0.15) is 43.2 Å². The number of nitro groups is 1. The highest BCUT2D eigenvalue weighted by Gasteiger charge is 2.30. The zero-order valence-electron chi connectivity index (χ0n) is 25.8. The lowest BCUT2D eigenvalue weighted by molar-refractivity contribution is -0.384. The molecule has 1 saturated heterocycles. The predicted molar refractivity (Wildman–Crippen MR) is 174 cm³/mol. The van der Waals surface area contributed by atoms with Crippen molar-refractivity contribution in [1.82, 2.24) is 14.5 Å². The predicted octanol–water partition coefficient (Wildman–Crippen LogP) is 5.13. The molecular weight excluding hydrogens is 592 g/mol. The van der Waals surface area contributed by atoms with Crippen molar-refractivity contribution in [1.29, 1.82) is 0 Å². The van der Waals surface area contributed by atoms with E-state index in [9.17, 15) is 23.3 Å². The molecule has 240 valence electrons. The number of ether oxygens (including phenoxy) is 1. The number of nitrogens with zero attached hydrogens (tertiary/aromatic N) is 3. The van der Waals surface area contributed by atoms with Gasteiger partial charge in [-0.2, -0.15) is 0 Å². The molecule has 0 saturated carbocycles. The number of benzene rings is 3. The first-order valence-corrected chi connectivity index (χ1v) is 16.6. The molecule has 1 N–H and O–H groups in total. The van der Waals surface area contributed by atoms with Gasteiger partial charge >= 0.3 is 5.97 Å². The molecule has 11 heteroatoms. The van der Waals surface area contributed by atoms with Gasteiger partial charge in [-0.15, -0.1) is 6.58 Å². The number of sulfonamides is 1. The van der Waals surface area contributed by atoms with Crippen LogP contribution in [0.4, 0.5) is 5.69 Å². The van der Waals surface area contributed by atoms with E-state index in [1.807, 2.05) is 18.2 Å². The number of non-ortho nitro benzene ring substituents is 1. The third kappa shape index (κ3) is 9.30. The topological polar surface area (TPSA) is 122 Å². The van der Waals surface area contributed by atoms with Crippen molar-refractivity contribution in [2.75, 3.05) is 26.7 Å². The number of likely N-dealkylation sites (tertiary alicyclic amines) is 1. The number of nitro benzene ring substituents is 1. The lowest BCUT2D eigenvalue weighted by Crippen LogP contribution is -2.51. The minimum absolute atomic E-state index is 0.0160. The number of piperidine rings is 1. The Hall–Kier alpha value is -3.90. The van der Waals surface area contributed by atoms with Crippen LogP contribution in [0.5, 0.6) is 0 Å². The SMILES string of the molecule is C=CC(NC1CCN(CCC(CN(C)S(=O)(=O)c2ccccc2)c2ccccc2)C(C)C1)C(=O)OCc1ccc([N+](=O)[O-])cc1. The first-order valence-electron chi connectivity index (χ1n) is 15.2. The fourth-order valence-electron chi connectivity index (χ4n) is 5.74. The number of rotatable bonds is 15. The molecule has 1 heterocycles. The van der Waals surface area contributed by atoms with Crippen LogP contribution >= 0.6 is 0 Å². The average Bonchev–Trinajstić information content (AvgIpc) is 3.05. The highest BCUT2D eigenvalue weighted by atomic mass is 32.2. The normalized spacial score (nSPS) is 18.6. The second-order valence-electron chi connectivity index (χ2n) is 11.5. The van der Waals surface area contributed by atoms with Gasteiger partial charge in [0.2, 0.25) is 10.0 Å². The van der Waals surface area contributed by atoms with Crippen LogP contribution in [0.3, 0.4) is 0 Å². The van der Waals surface area contributed by atoms with E-state index in [1.165, 1.54) is 16.4 Å². The molecule has 0 aromatic heterocycles. The molecule has 0 amide bonds. The van der Waals surface area contributed by atoms with E-state index in [0.29, 0.717) is 12.1 Å². The second-order valence-corrected chi connectivity index (χ2v) is 13.6. The maximum Gasteiger partial charge on any atom is 0.327 e. The van der Waals surface area contributed by atoms with Gasteiger partial charge in [-0.3, -0.25) is 15.4 Å². The van der Waals surface area contributed by atoms with Crippen LogP contribution in [0.15, 0.2) is 102 Å². The Kier molecular flexibility index (Phi) is 12.0. The minimum atomic E-state index is -3.61. The monoisotopic (exact) mass is 634 g/mol. The maximum absolute atomic E-state index is 13.2. The lowest BCUT2D eigenvalue weighted by Gasteiger charge is -2.39. The molecule has 0 radical (unpaired) electrons. The fraction of sp³-hybridized carbons (Fsp3) is 0.382. The van der Waals surface area contributed by atoms with Gasteiger partial charge in [0.05, 0.1) is 9.82 Å². The van der Waals surface area contributed by atoms with Crippen molar-refractivity contribution < 1.29 is 22.9 Å². The molecule has 0 aliphatic carbocycles. The standard InChI is InChI=1S/C34H42N4O6S/c1-4-33(34(39)44-25-27-15-17-31(18-16-27)38(40)41)35-30-20-22-37(26(2)23-30)21-19-29(28-11-7-5-8-12-28)24-36(3)45(42,43)32-13-9-6-10-14-32/h4-18,26,29-30,33,35H,1,19-25H2,2-3H3. The molecule has 0 spiro atoms. The van der Waals surface area contributed by atoms with Crippen molar-refractivity contribution in [2.45, 2.75) is 61.7 Å². The molecule has 45 heavy (non-hydrogen) atoms. The summed E-state index contributed by atoms with van der Waals surface area (Å²) in [5.41, 5.74) is 1.75. The van der Waals surface area contributed by atoms with Gasteiger partial charge in [-0.05, 0) is 80.6 Å². The first-order chi connectivity index (χ1) is 21.6. The molecule has 10 nitrogen and oxygen atoms in total. The molecule has 4 atom stereocenters. The smallest absolute Gasteiger partial charge is 0.327 e. The summed E-state index contributed by atoms with van der Waals surface area (Å²) in [6.45, 7) is 8.02. The molecule has 3 aromatic rings. The van der Waals surface area contributed by atoms with E-state index >= 15 is 0 Å². The molecule has 3 aromatic carbocycles. The van der Waals surface area contributed by atoms with Gasteiger partial charge in [0.15, 0.2) is 0 Å². The van der Waals surface area contributed by atoms with E-state index in [4.69, 9.17) is 4.74 Å². The summed E-state index contributed by atoms with van der Waals surface area (Å²) < 4.78 is 33.4. The van der Waals surface area contributed by atoms with Crippen molar-refractivity contribution in [3.8, 4) is 0 Å². The number of carbonyl (C=O) groups is 1. The Morgan fingerprint density at radius 3 is 2.36 bits per heavy atom. The van der Waals surface area contributed by atoms with Crippen molar-refractivity contribution in [2.24, 2.45) is 0 Å². The van der Waals surface area contributed by atoms with Crippen LogP contribution in [0.2, 0.25) is 0 Å². The number of carbonyl (C=O) groups excluding carboxylic acids is 1. The summed E-state index contributed by atoms with van der Waals surface area (Å²) in [6, 6.07) is 24.2. The Morgan fingerprint density at radius 2 is 1.76 bits per heavy atom. The largest absolute Gasteiger partial charge is 0.459 e. The van der Waals surface area contributed by atoms with Gasteiger partial charge in [-0.25, -0.2) is 17.5 Å². The van der Waals surface area contributed by atoms with Gasteiger partial charge < -0.3 is 9.64 Å². The molecule has 1 aliphatic heterocycles. The van der Waals surface area contributed by atoms with E-state index in [0.717, 1.165) is 37.9 Å². The van der Waals surface area contributed by atoms with Crippen LogP contribution in [0.25, 0.3) is 0 Å². The quantitative estimate of drug-likeness (QED) is 0.106. The van der Waals surface area contributed by atoms with Crippen molar-refractivity contribution >= 4 is 21.7 Å². The fourth-order valence-corrected chi connectivity index (χ4v) is 6.98. The summed E-state index contributed by atoms with van der Waals surface area (Å²) in [4.78, 5) is 25.9. The molecule has 0 bridgehead atoms. The molecule has 4 rings (SSSR count). The van der Waals surface area contributed by atoms with Gasteiger partial charge in [0.25, 0.3) is 5.69 Å². The molecule has 1 aliphatic rings. The number of hydrogen-bond donors (Lipinski definition) is 1. The number of esters is 1. The highest BCUT2D eigenvalue weighted by molar-refractivity contribution is 7.89. The zero-order chi connectivity index (χ0) is 32.4. The van der Waals surface area contributed by atoms with Crippen LogP contribution in [-0.4, -0.2) is 73.3 Å². The Bertz CT molecular complexity index is 1520. The van der Waals surface area contributed by atoms with Crippen LogP contribution in [0, 0.1) is 10.1 Å². The maximum atomic E-state index is 13.2. The van der Waals surface area contributed by atoms with Crippen LogP contribution in [-0.2, 0) is 26.2 Å². The molecule has 1 fully saturated rings. The lowest BCUT2D eigenvalue weighted by atomic mass is 9.93. The second kappa shape index (κ2) is 15.9. The van der Waals surface area contributed by atoms with E-state index in [-0.39, 0.29) is 35.2 Å². The number of hydrogen-bond acceptors (Lipinski definition) is 8. The van der Waals surface area contributed by atoms with Crippen LogP contribution < -0.4 is 5.32 Å². The third-order valence-corrected chi connectivity index (χ3v) is 10.2. The van der Waals surface area contributed by atoms with Gasteiger partial charge in [-0.1, -0.05) is 54.6 Å². The molecular formula is C34H42N4O6S. The van der Waals surface area contributed by atoms with Crippen molar-refractivity contribution in [3.05, 3.63) is 119 Å². The minimum Gasteiger partial charge on any atom is -0.459 e. The average molecular weight is 635 g/mol. The molecule has 4 unspecified atom stereocenters. The Morgan fingerprint density at radius 1 is 1.11 bits per heavy atom. The van der Waals surface area contributed by atoms with E-state index in [2.05, 4.69) is 35.9 Å². The first kappa shape index (κ1) is 34.0. The van der Waals surface area contributed by atoms with E-state index < -0.39 is 27.0 Å².